The van der Waals surface area contributed by atoms with Gasteiger partial charge in [0.25, 0.3) is 5.92 Å². The van der Waals surface area contributed by atoms with Crippen LogP contribution in [0.5, 0.6) is 0 Å². The number of nitriles is 1. The molecule has 0 aliphatic carbocycles. The van der Waals surface area contributed by atoms with Crippen molar-refractivity contribution in [2.24, 2.45) is 0 Å². The van der Waals surface area contributed by atoms with Crippen molar-refractivity contribution in [2.45, 2.75) is 18.8 Å². The smallest absolute Gasteiger partial charge is 0.265 e. The van der Waals surface area contributed by atoms with Gasteiger partial charge in [0.15, 0.2) is 0 Å². The van der Waals surface area contributed by atoms with Gasteiger partial charge in [-0.05, 0) is 30.7 Å². The third kappa shape index (κ3) is 2.18. The molecule has 1 saturated heterocycles. The number of halogens is 2. The summed E-state index contributed by atoms with van der Waals surface area (Å²) in [6.45, 7) is 0.328. The first-order chi connectivity index (χ1) is 9.61. The van der Waals surface area contributed by atoms with Crippen molar-refractivity contribution in [2.75, 3.05) is 18.0 Å². The van der Waals surface area contributed by atoms with Gasteiger partial charge in [-0.15, -0.1) is 0 Å². The SMILES string of the molecule is N#Cc1ccc(N2CCCC(F)(F)C2)c2cccnc12. The second-order valence-corrected chi connectivity index (χ2v) is 5.02. The van der Waals surface area contributed by atoms with E-state index in [-0.39, 0.29) is 13.0 Å². The number of aromatic nitrogens is 1. The molecule has 1 aromatic carbocycles. The second kappa shape index (κ2) is 4.71. The molecule has 2 heterocycles. The highest BCUT2D eigenvalue weighted by Gasteiger charge is 2.35. The molecule has 0 saturated carbocycles. The standard InChI is InChI=1S/C15H13F2N3/c16-15(17)6-2-8-20(10-15)13-5-4-11(9-18)14-12(13)3-1-7-19-14/h1,3-5,7H,2,6,8,10H2. The number of piperidine rings is 1. The Balaban J connectivity index is 2.11. The molecule has 0 N–H and O–H groups in total. The number of alkyl halides is 2. The summed E-state index contributed by atoms with van der Waals surface area (Å²) in [6.07, 6.45) is 2.02. The second-order valence-electron chi connectivity index (χ2n) is 5.02. The van der Waals surface area contributed by atoms with Gasteiger partial charge in [-0.25, -0.2) is 8.78 Å². The van der Waals surface area contributed by atoms with Crippen LogP contribution in [-0.2, 0) is 0 Å². The summed E-state index contributed by atoms with van der Waals surface area (Å²) in [7, 11) is 0. The van der Waals surface area contributed by atoms with E-state index in [1.165, 1.54) is 0 Å². The highest BCUT2D eigenvalue weighted by atomic mass is 19.3. The van der Waals surface area contributed by atoms with Gasteiger partial charge in [0, 0.05) is 30.2 Å². The molecule has 102 valence electrons. The summed E-state index contributed by atoms with van der Waals surface area (Å²) in [6, 6.07) is 9.06. The first-order valence-electron chi connectivity index (χ1n) is 6.51. The van der Waals surface area contributed by atoms with E-state index in [4.69, 9.17) is 5.26 Å². The zero-order valence-corrected chi connectivity index (χ0v) is 10.8. The van der Waals surface area contributed by atoms with Gasteiger partial charge in [-0.1, -0.05) is 0 Å². The lowest BCUT2D eigenvalue weighted by molar-refractivity contribution is -0.0116. The Bertz CT molecular complexity index is 691. The zero-order valence-electron chi connectivity index (χ0n) is 10.8. The number of anilines is 1. The topological polar surface area (TPSA) is 39.9 Å². The van der Waals surface area contributed by atoms with Crippen LogP contribution in [0.1, 0.15) is 18.4 Å². The Morgan fingerprint density at radius 3 is 2.90 bits per heavy atom. The molecule has 20 heavy (non-hydrogen) atoms. The number of pyridine rings is 1. The van der Waals surface area contributed by atoms with Crippen LogP contribution < -0.4 is 4.90 Å². The monoisotopic (exact) mass is 273 g/mol. The van der Waals surface area contributed by atoms with Crippen molar-refractivity contribution in [3.05, 3.63) is 36.0 Å². The molecule has 1 aliphatic rings. The molecular formula is C15H13F2N3. The highest BCUT2D eigenvalue weighted by Crippen LogP contribution is 2.34. The minimum absolute atomic E-state index is 0.0596. The Morgan fingerprint density at radius 2 is 2.15 bits per heavy atom. The molecule has 0 radical (unpaired) electrons. The Kier molecular flexibility index (Phi) is 3.01. The fourth-order valence-electron chi connectivity index (χ4n) is 2.70. The summed E-state index contributed by atoms with van der Waals surface area (Å²) in [5.74, 6) is -2.65. The number of hydrogen-bond acceptors (Lipinski definition) is 3. The molecular weight excluding hydrogens is 260 g/mol. The first-order valence-corrected chi connectivity index (χ1v) is 6.51. The first kappa shape index (κ1) is 12.8. The van der Waals surface area contributed by atoms with Crippen LogP contribution in [0.15, 0.2) is 30.5 Å². The largest absolute Gasteiger partial charge is 0.365 e. The lowest BCUT2D eigenvalue weighted by atomic mass is 10.0. The summed E-state index contributed by atoms with van der Waals surface area (Å²) in [5, 5.41) is 9.85. The maximum Gasteiger partial charge on any atom is 0.265 e. The van der Waals surface area contributed by atoms with Crippen LogP contribution in [0.4, 0.5) is 14.5 Å². The molecule has 0 atom stereocenters. The van der Waals surface area contributed by atoms with Gasteiger partial charge in [0.2, 0.25) is 0 Å². The van der Waals surface area contributed by atoms with E-state index in [1.807, 2.05) is 6.07 Å². The van der Waals surface area contributed by atoms with Gasteiger partial charge in [-0.3, -0.25) is 4.98 Å². The van der Waals surface area contributed by atoms with E-state index in [1.54, 1.807) is 29.3 Å². The molecule has 3 rings (SSSR count). The van der Waals surface area contributed by atoms with Crippen molar-refractivity contribution in [1.82, 2.24) is 4.98 Å². The Morgan fingerprint density at radius 1 is 1.30 bits per heavy atom. The third-order valence-electron chi connectivity index (χ3n) is 3.60. The predicted octanol–water partition coefficient (Wildman–Crippen LogP) is 3.34. The van der Waals surface area contributed by atoms with Gasteiger partial charge in [0.1, 0.15) is 6.07 Å². The summed E-state index contributed by atoms with van der Waals surface area (Å²) >= 11 is 0. The molecule has 0 spiro atoms. The normalized spacial score (nSPS) is 17.9. The summed E-state index contributed by atoms with van der Waals surface area (Å²) in [4.78, 5) is 5.90. The molecule has 0 bridgehead atoms. The van der Waals surface area contributed by atoms with E-state index in [0.29, 0.717) is 24.0 Å². The van der Waals surface area contributed by atoms with Crippen molar-refractivity contribution < 1.29 is 8.78 Å². The van der Waals surface area contributed by atoms with Gasteiger partial charge in [0.05, 0.1) is 17.6 Å². The molecule has 1 fully saturated rings. The lowest BCUT2D eigenvalue weighted by Gasteiger charge is -2.34. The molecule has 2 aromatic rings. The van der Waals surface area contributed by atoms with E-state index in [0.717, 1.165) is 11.1 Å². The van der Waals surface area contributed by atoms with Crippen molar-refractivity contribution in [3.63, 3.8) is 0 Å². The number of nitrogens with zero attached hydrogens (tertiary/aromatic N) is 3. The van der Waals surface area contributed by atoms with Crippen LogP contribution in [0, 0.1) is 11.3 Å². The van der Waals surface area contributed by atoms with E-state index < -0.39 is 5.92 Å². The maximum absolute atomic E-state index is 13.6. The molecule has 1 aliphatic heterocycles. The van der Waals surface area contributed by atoms with E-state index >= 15 is 0 Å². The number of benzene rings is 1. The number of rotatable bonds is 1. The summed E-state index contributed by atoms with van der Waals surface area (Å²) < 4.78 is 27.2. The fraction of sp³-hybridized carbons (Fsp3) is 0.333. The van der Waals surface area contributed by atoms with Gasteiger partial charge < -0.3 is 4.90 Å². The average Bonchev–Trinajstić information content (AvgIpc) is 2.45. The number of hydrogen-bond donors (Lipinski definition) is 0. The average molecular weight is 273 g/mol. The van der Waals surface area contributed by atoms with Crippen molar-refractivity contribution in [1.29, 1.82) is 5.26 Å². The maximum atomic E-state index is 13.6. The van der Waals surface area contributed by atoms with E-state index in [9.17, 15) is 8.78 Å². The van der Waals surface area contributed by atoms with Crippen molar-refractivity contribution in [3.8, 4) is 6.07 Å². The molecule has 0 unspecified atom stereocenters. The zero-order chi connectivity index (χ0) is 14.2. The van der Waals surface area contributed by atoms with Crippen LogP contribution >= 0.6 is 0 Å². The molecule has 1 aromatic heterocycles. The minimum Gasteiger partial charge on any atom is -0.365 e. The molecule has 3 nitrogen and oxygen atoms in total. The number of fused-ring (bicyclic) bond motifs is 1. The van der Waals surface area contributed by atoms with Crippen LogP contribution in [0.2, 0.25) is 0 Å². The molecule has 5 heteroatoms. The van der Waals surface area contributed by atoms with Gasteiger partial charge >= 0.3 is 0 Å². The van der Waals surface area contributed by atoms with Crippen LogP contribution in [-0.4, -0.2) is 24.0 Å². The quantitative estimate of drug-likeness (QED) is 0.800. The predicted molar refractivity (Wildman–Crippen MR) is 72.9 cm³/mol. The third-order valence-corrected chi connectivity index (χ3v) is 3.60. The molecule has 0 amide bonds. The van der Waals surface area contributed by atoms with E-state index in [2.05, 4.69) is 11.1 Å². The minimum atomic E-state index is -2.65. The lowest BCUT2D eigenvalue weighted by Crippen LogP contribution is -2.42. The highest BCUT2D eigenvalue weighted by molar-refractivity contribution is 5.95. The summed E-state index contributed by atoms with van der Waals surface area (Å²) in [5.41, 5.74) is 1.76. The van der Waals surface area contributed by atoms with Gasteiger partial charge in [-0.2, -0.15) is 5.26 Å². The van der Waals surface area contributed by atoms with Crippen LogP contribution in [0.25, 0.3) is 10.9 Å². The van der Waals surface area contributed by atoms with Crippen LogP contribution in [0.3, 0.4) is 0 Å². The van der Waals surface area contributed by atoms with Crippen molar-refractivity contribution >= 4 is 16.6 Å². The Hall–Kier alpha value is -2.22. The Labute approximate surface area is 115 Å². The fourth-order valence-corrected chi connectivity index (χ4v) is 2.70.